The van der Waals surface area contributed by atoms with Gasteiger partial charge in [-0.3, -0.25) is 10.00 Å². The maximum Gasteiger partial charge on any atom is 0.319 e. The highest BCUT2D eigenvalue weighted by Gasteiger charge is 2.49. The Balaban J connectivity index is 1.32. The lowest BCUT2D eigenvalue weighted by molar-refractivity contribution is 0.107. The second-order valence-corrected chi connectivity index (χ2v) is 12.8. The summed E-state index contributed by atoms with van der Waals surface area (Å²) in [5.41, 5.74) is 8.37. The lowest BCUT2D eigenvalue weighted by Crippen LogP contribution is -2.43. The number of rotatable bonds is 6. The summed E-state index contributed by atoms with van der Waals surface area (Å²) in [4.78, 5) is 22.6. The molecule has 3 atom stereocenters. The van der Waals surface area contributed by atoms with Crippen LogP contribution in [0, 0.1) is 12.7 Å². The molecule has 1 aromatic carbocycles. The van der Waals surface area contributed by atoms with Crippen molar-refractivity contribution in [1.29, 1.82) is 0 Å². The number of fused-ring (bicyclic) bond motifs is 2. The Bertz CT molecular complexity index is 2010. The fraction of sp³-hybridized carbons (Fsp3) is 0.406. The van der Waals surface area contributed by atoms with Gasteiger partial charge in [-0.1, -0.05) is 17.7 Å². The van der Waals surface area contributed by atoms with Gasteiger partial charge in [-0.15, -0.1) is 0 Å². The van der Waals surface area contributed by atoms with Crippen LogP contribution in [0.15, 0.2) is 30.6 Å². The number of H-pyrrole nitrogens is 1. The first-order valence-corrected chi connectivity index (χ1v) is 15.8. The van der Waals surface area contributed by atoms with E-state index in [2.05, 4.69) is 25.1 Å². The average Bonchev–Trinajstić information content (AvgIpc) is 3.70. The van der Waals surface area contributed by atoms with Crippen molar-refractivity contribution in [3.63, 3.8) is 0 Å². The number of aromatic amines is 1. The number of alkyl halides is 1. The second kappa shape index (κ2) is 10.9. The Morgan fingerprint density at radius 2 is 2.15 bits per heavy atom. The molecule has 46 heavy (non-hydrogen) atoms. The molecule has 0 amide bonds. The van der Waals surface area contributed by atoms with Crippen LogP contribution < -0.4 is 20.1 Å². The van der Waals surface area contributed by atoms with Gasteiger partial charge in [0.05, 0.1) is 34.9 Å². The molecule has 2 saturated heterocycles. The molecule has 5 aromatic rings. The van der Waals surface area contributed by atoms with Gasteiger partial charge in [0.25, 0.3) is 0 Å². The van der Waals surface area contributed by atoms with Gasteiger partial charge < -0.3 is 20.1 Å². The molecular weight excluding hydrogens is 616 g/mol. The third-order valence-corrected chi connectivity index (χ3v) is 10.2. The molecule has 2 fully saturated rings. The number of nitrogens with two attached hydrogens (primary N) is 1. The van der Waals surface area contributed by atoms with E-state index >= 15 is 4.39 Å². The minimum Gasteiger partial charge on any atom is -0.475 e. The van der Waals surface area contributed by atoms with Gasteiger partial charge in [0.2, 0.25) is 5.88 Å². The summed E-state index contributed by atoms with van der Waals surface area (Å²) in [5.74, 6) is 0.238. The van der Waals surface area contributed by atoms with Gasteiger partial charge >= 0.3 is 6.01 Å². The van der Waals surface area contributed by atoms with Crippen LogP contribution in [0.3, 0.4) is 0 Å². The summed E-state index contributed by atoms with van der Waals surface area (Å²) in [6.45, 7) is 5.80. The minimum atomic E-state index is -0.919. The smallest absolute Gasteiger partial charge is 0.319 e. The summed E-state index contributed by atoms with van der Waals surface area (Å²) in [6, 6.07) is 5.23. The Kier molecular flexibility index (Phi) is 6.87. The number of anilines is 2. The second-order valence-electron chi connectivity index (χ2n) is 12.4. The van der Waals surface area contributed by atoms with Crippen molar-refractivity contribution >= 4 is 45.0 Å². The Morgan fingerprint density at radius 3 is 3.00 bits per heavy atom. The van der Waals surface area contributed by atoms with E-state index in [4.69, 9.17) is 36.8 Å². The quantitative estimate of drug-likeness (QED) is 0.241. The number of aryl methyl sites for hydroxylation is 1. The van der Waals surface area contributed by atoms with Crippen LogP contribution in [0.4, 0.5) is 20.4 Å². The van der Waals surface area contributed by atoms with E-state index in [1.165, 1.54) is 0 Å². The number of benzene rings is 1. The van der Waals surface area contributed by atoms with Gasteiger partial charge in [-0.25, -0.2) is 18.7 Å². The largest absolute Gasteiger partial charge is 0.475 e. The van der Waals surface area contributed by atoms with E-state index in [1.807, 2.05) is 36.9 Å². The Morgan fingerprint density at radius 1 is 1.28 bits per heavy atom. The maximum absolute atomic E-state index is 17.0. The van der Waals surface area contributed by atoms with Crippen LogP contribution in [0.25, 0.3) is 33.1 Å². The number of ether oxygens (including phenoxy) is 2. The molecular formula is C32H32ClF2N9O2. The topological polar surface area (TPSA) is 131 Å². The van der Waals surface area contributed by atoms with Crippen LogP contribution in [-0.4, -0.2) is 79.6 Å². The van der Waals surface area contributed by atoms with Gasteiger partial charge in [0.15, 0.2) is 5.82 Å². The molecule has 0 bridgehead atoms. The fourth-order valence-electron chi connectivity index (χ4n) is 7.40. The molecule has 7 heterocycles. The molecule has 0 spiro atoms. The van der Waals surface area contributed by atoms with E-state index in [0.717, 1.165) is 30.5 Å². The Hall–Kier alpha value is -4.36. The van der Waals surface area contributed by atoms with Crippen molar-refractivity contribution in [3.05, 3.63) is 52.6 Å². The summed E-state index contributed by atoms with van der Waals surface area (Å²) < 4.78 is 44.0. The molecule has 0 radical (unpaired) electrons. The first-order chi connectivity index (χ1) is 22.2. The number of hydrogen-bond donors (Lipinski definition) is 2. The van der Waals surface area contributed by atoms with E-state index in [1.54, 1.807) is 12.4 Å². The van der Waals surface area contributed by atoms with Gasteiger partial charge in [0.1, 0.15) is 47.6 Å². The number of nitrogens with zero attached hydrogens (tertiary/aromatic N) is 7. The van der Waals surface area contributed by atoms with Crippen molar-refractivity contribution < 1.29 is 18.3 Å². The lowest BCUT2D eigenvalue weighted by Gasteiger charge is -2.32. The van der Waals surface area contributed by atoms with Crippen LogP contribution in [-0.2, 0) is 0 Å². The highest BCUT2D eigenvalue weighted by Crippen LogP contribution is 2.45. The number of pyridine rings is 2. The molecule has 3 aliphatic rings. The zero-order valence-electron chi connectivity index (χ0n) is 25.4. The minimum absolute atomic E-state index is 0.0184. The Labute approximate surface area is 268 Å². The van der Waals surface area contributed by atoms with Crippen molar-refractivity contribution in [2.45, 2.75) is 50.9 Å². The van der Waals surface area contributed by atoms with Gasteiger partial charge in [-0.05, 0) is 50.9 Å². The zero-order valence-corrected chi connectivity index (χ0v) is 26.1. The first kappa shape index (κ1) is 29.1. The summed E-state index contributed by atoms with van der Waals surface area (Å²) in [6.07, 6.45) is 4.45. The molecule has 0 aliphatic carbocycles. The number of nitrogen functional groups attached to an aromatic ring is 1. The normalized spacial score (nSPS) is 21.8. The fourth-order valence-corrected chi connectivity index (χ4v) is 7.65. The standard InChI is InChI=1S/C32H32ClF2N9O2/c1-16-11-21-20(13-38-42-21)22(24(16)33)26-25(35)27-23-29(41-31(40-27)46-15-32-6-4-8-43(32)14-18(34)12-32)44(9-10-45-30(23)39-26)17(2)19-5-3-7-37-28(19)36/h3,5,7,11,13,17-18H,4,6,8-10,12,14-15H2,1-2H3,(H2,36,37)(H,38,42)/t17-,18-,32+/m1/s1. The van der Waals surface area contributed by atoms with Crippen LogP contribution in [0.5, 0.6) is 11.9 Å². The molecule has 4 aromatic heterocycles. The molecule has 11 nitrogen and oxygen atoms in total. The van der Waals surface area contributed by atoms with Gasteiger partial charge in [-0.2, -0.15) is 15.1 Å². The molecule has 0 unspecified atom stereocenters. The van der Waals surface area contributed by atoms with Crippen molar-refractivity contribution in [2.24, 2.45) is 0 Å². The highest BCUT2D eigenvalue weighted by atomic mass is 35.5. The molecule has 8 rings (SSSR count). The lowest BCUT2D eigenvalue weighted by atomic mass is 9.95. The van der Waals surface area contributed by atoms with Crippen molar-refractivity contribution in [3.8, 4) is 23.1 Å². The third kappa shape index (κ3) is 4.50. The molecule has 238 valence electrons. The number of nitrogens with one attached hydrogen (secondary N) is 1. The van der Waals surface area contributed by atoms with Gasteiger partial charge in [0, 0.05) is 35.7 Å². The third-order valence-electron chi connectivity index (χ3n) is 9.68. The monoisotopic (exact) mass is 647 g/mol. The van der Waals surface area contributed by atoms with E-state index < -0.39 is 17.5 Å². The first-order valence-electron chi connectivity index (χ1n) is 15.4. The number of hydrogen-bond acceptors (Lipinski definition) is 10. The van der Waals surface area contributed by atoms with Crippen molar-refractivity contribution in [2.75, 3.05) is 43.5 Å². The average molecular weight is 648 g/mol. The summed E-state index contributed by atoms with van der Waals surface area (Å²) in [7, 11) is 0. The SMILES string of the molecule is Cc1cc2[nH]ncc2c(-c2nc3c4c(nc(OC[C@@]56CCCN5C[C@H](F)C6)nc4c2F)N([C@H](C)c2cccnc2N)CCO3)c1Cl. The predicted molar refractivity (Wildman–Crippen MR) is 171 cm³/mol. The number of aromatic nitrogens is 6. The molecule has 0 saturated carbocycles. The summed E-state index contributed by atoms with van der Waals surface area (Å²) in [5, 5.41) is 8.35. The highest BCUT2D eigenvalue weighted by molar-refractivity contribution is 6.35. The maximum atomic E-state index is 17.0. The van der Waals surface area contributed by atoms with Crippen LogP contribution >= 0.6 is 11.6 Å². The van der Waals surface area contributed by atoms with Crippen LogP contribution in [0.2, 0.25) is 5.02 Å². The molecule has 14 heteroatoms. The van der Waals surface area contributed by atoms with Crippen LogP contribution in [0.1, 0.15) is 43.4 Å². The zero-order chi connectivity index (χ0) is 31.7. The van der Waals surface area contributed by atoms with E-state index in [9.17, 15) is 4.39 Å². The number of halogens is 3. The van der Waals surface area contributed by atoms with E-state index in [0.29, 0.717) is 58.0 Å². The molecule has 3 N–H and O–H groups in total. The predicted octanol–water partition coefficient (Wildman–Crippen LogP) is 5.56. The molecule has 3 aliphatic heterocycles. The van der Waals surface area contributed by atoms with E-state index in [-0.39, 0.29) is 42.4 Å². The summed E-state index contributed by atoms with van der Waals surface area (Å²) >= 11 is 6.82. The van der Waals surface area contributed by atoms with Crippen molar-refractivity contribution in [1.82, 2.24) is 35.0 Å².